The number of carbonyl (C=O) groups is 2. The second kappa shape index (κ2) is 7.69. The topological polar surface area (TPSA) is 60.9 Å². The van der Waals surface area contributed by atoms with Crippen LogP contribution in [-0.2, 0) is 9.59 Å². The van der Waals surface area contributed by atoms with Crippen LogP contribution in [0.2, 0.25) is 5.02 Å². The maximum Gasteiger partial charge on any atom is 0.328 e. The highest BCUT2D eigenvalue weighted by Crippen LogP contribution is 2.26. The second-order valence-corrected chi connectivity index (χ2v) is 5.11. The molecule has 0 aliphatic heterocycles. The SMILES string of the molecule is CCN(CC(=O)N(C)C)c1cc(Cl)ccc1/C=C/C(=O)O. The lowest BCUT2D eigenvalue weighted by Gasteiger charge is -2.26. The van der Waals surface area contributed by atoms with E-state index in [2.05, 4.69) is 0 Å². The van der Waals surface area contributed by atoms with Crippen molar-refractivity contribution in [2.24, 2.45) is 0 Å². The Hall–Kier alpha value is -2.01. The molecule has 114 valence electrons. The molecule has 0 saturated heterocycles. The summed E-state index contributed by atoms with van der Waals surface area (Å²) in [5.41, 5.74) is 1.44. The van der Waals surface area contributed by atoms with Gasteiger partial charge < -0.3 is 14.9 Å². The third kappa shape index (κ3) is 5.11. The van der Waals surface area contributed by atoms with Crippen LogP contribution in [0.3, 0.4) is 0 Å². The van der Waals surface area contributed by atoms with E-state index in [1.165, 1.54) is 11.0 Å². The molecule has 0 fully saturated rings. The highest BCUT2D eigenvalue weighted by atomic mass is 35.5. The average molecular weight is 311 g/mol. The zero-order valence-electron chi connectivity index (χ0n) is 12.3. The van der Waals surface area contributed by atoms with Gasteiger partial charge in [0, 0.05) is 37.4 Å². The lowest BCUT2D eigenvalue weighted by Crippen LogP contribution is -2.36. The molecule has 1 rings (SSSR count). The molecule has 21 heavy (non-hydrogen) atoms. The van der Waals surface area contributed by atoms with Crippen LogP contribution in [0, 0.1) is 0 Å². The number of likely N-dealkylation sites (N-methyl/N-ethyl adjacent to an activating group) is 2. The van der Waals surface area contributed by atoms with E-state index in [0.717, 1.165) is 11.8 Å². The second-order valence-electron chi connectivity index (χ2n) is 4.68. The Kier molecular flexibility index (Phi) is 6.24. The van der Waals surface area contributed by atoms with Gasteiger partial charge in [-0.3, -0.25) is 4.79 Å². The van der Waals surface area contributed by atoms with Crippen molar-refractivity contribution in [1.29, 1.82) is 0 Å². The summed E-state index contributed by atoms with van der Waals surface area (Å²) in [7, 11) is 3.39. The minimum absolute atomic E-state index is 0.0370. The molecule has 0 aliphatic rings. The van der Waals surface area contributed by atoms with Gasteiger partial charge in [-0.1, -0.05) is 17.7 Å². The number of rotatable bonds is 6. The standard InChI is InChI=1S/C15H19ClN2O3/c1-4-18(10-14(19)17(2)3)13-9-12(16)7-5-11(13)6-8-15(20)21/h5-9H,4,10H2,1-3H3,(H,20,21)/b8-6+. The van der Waals surface area contributed by atoms with Gasteiger partial charge in [-0.25, -0.2) is 4.79 Å². The summed E-state index contributed by atoms with van der Waals surface area (Å²) in [5.74, 6) is -1.06. The van der Waals surface area contributed by atoms with Crippen LogP contribution in [0.1, 0.15) is 12.5 Å². The molecule has 0 radical (unpaired) electrons. The number of aliphatic carboxylic acids is 1. The Morgan fingerprint density at radius 3 is 2.52 bits per heavy atom. The monoisotopic (exact) mass is 310 g/mol. The summed E-state index contributed by atoms with van der Waals surface area (Å²) in [5, 5.41) is 9.28. The largest absolute Gasteiger partial charge is 0.478 e. The molecular weight excluding hydrogens is 292 g/mol. The number of amides is 1. The zero-order valence-corrected chi connectivity index (χ0v) is 13.1. The van der Waals surface area contributed by atoms with Gasteiger partial charge in [0.05, 0.1) is 6.54 Å². The molecule has 5 nitrogen and oxygen atoms in total. The van der Waals surface area contributed by atoms with Gasteiger partial charge >= 0.3 is 5.97 Å². The number of carbonyl (C=O) groups excluding carboxylic acids is 1. The third-order valence-corrected chi connectivity index (χ3v) is 3.18. The number of hydrogen-bond donors (Lipinski definition) is 1. The van der Waals surface area contributed by atoms with E-state index in [1.807, 2.05) is 11.8 Å². The molecule has 0 aromatic heterocycles. The van der Waals surface area contributed by atoms with E-state index in [-0.39, 0.29) is 12.5 Å². The molecule has 0 bridgehead atoms. The van der Waals surface area contributed by atoms with Crippen molar-refractivity contribution in [2.45, 2.75) is 6.92 Å². The zero-order chi connectivity index (χ0) is 16.0. The van der Waals surface area contributed by atoms with Crippen LogP contribution in [-0.4, -0.2) is 49.1 Å². The first kappa shape index (κ1) is 17.0. The molecule has 1 aromatic rings. The Labute approximate surface area is 129 Å². The molecule has 0 spiro atoms. The minimum atomic E-state index is -1.02. The van der Waals surface area contributed by atoms with Gasteiger partial charge in [-0.15, -0.1) is 0 Å². The fourth-order valence-electron chi connectivity index (χ4n) is 1.76. The third-order valence-electron chi connectivity index (χ3n) is 2.95. The molecule has 6 heteroatoms. The molecule has 1 N–H and O–H groups in total. The van der Waals surface area contributed by atoms with Crippen molar-refractivity contribution < 1.29 is 14.7 Å². The Balaban J connectivity index is 3.14. The number of benzene rings is 1. The molecule has 0 heterocycles. The highest BCUT2D eigenvalue weighted by Gasteiger charge is 2.14. The molecule has 0 unspecified atom stereocenters. The lowest BCUT2D eigenvalue weighted by atomic mass is 10.1. The molecular formula is C15H19ClN2O3. The quantitative estimate of drug-likeness (QED) is 0.819. The number of anilines is 1. The van der Waals surface area contributed by atoms with Crippen molar-refractivity contribution in [3.05, 3.63) is 34.9 Å². The minimum Gasteiger partial charge on any atom is -0.478 e. The van der Waals surface area contributed by atoms with Crippen molar-refractivity contribution in [2.75, 3.05) is 32.1 Å². The van der Waals surface area contributed by atoms with Gasteiger partial charge in [0.15, 0.2) is 0 Å². The van der Waals surface area contributed by atoms with Crippen molar-refractivity contribution in [3.8, 4) is 0 Å². The maximum absolute atomic E-state index is 11.9. The van der Waals surface area contributed by atoms with Crippen LogP contribution in [0.15, 0.2) is 24.3 Å². The maximum atomic E-state index is 11.9. The Morgan fingerprint density at radius 1 is 1.33 bits per heavy atom. The molecule has 0 saturated carbocycles. The Morgan fingerprint density at radius 2 is 2.00 bits per heavy atom. The van der Waals surface area contributed by atoms with Gasteiger partial charge in [0.25, 0.3) is 0 Å². The van der Waals surface area contributed by atoms with Crippen LogP contribution >= 0.6 is 11.6 Å². The van der Waals surface area contributed by atoms with Gasteiger partial charge in [0.1, 0.15) is 0 Å². The first-order valence-electron chi connectivity index (χ1n) is 6.50. The van der Waals surface area contributed by atoms with E-state index >= 15 is 0 Å². The van der Waals surface area contributed by atoms with Crippen molar-refractivity contribution in [1.82, 2.24) is 4.90 Å². The van der Waals surface area contributed by atoms with E-state index in [4.69, 9.17) is 16.7 Å². The molecule has 1 amide bonds. The summed E-state index contributed by atoms with van der Waals surface area (Å²) in [6.07, 6.45) is 2.56. The first-order chi connectivity index (χ1) is 9.85. The summed E-state index contributed by atoms with van der Waals surface area (Å²) < 4.78 is 0. The predicted octanol–water partition coefficient (Wildman–Crippen LogP) is 2.35. The van der Waals surface area contributed by atoms with E-state index in [1.54, 1.807) is 32.3 Å². The van der Waals surface area contributed by atoms with Crippen molar-refractivity contribution in [3.63, 3.8) is 0 Å². The first-order valence-corrected chi connectivity index (χ1v) is 6.88. The normalized spacial score (nSPS) is 10.7. The summed E-state index contributed by atoms with van der Waals surface area (Å²) in [6.45, 7) is 2.74. The number of carboxylic acid groups (broad SMARTS) is 1. The van der Waals surface area contributed by atoms with E-state index in [9.17, 15) is 9.59 Å². The van der Waals surface area contributed by atoms with Crippen LogP contribution in [0.5, 0.6) is 0 Å². The van der Waals surface area contributed by atoms with Crippen LogP contribution in [0.4, 0.5) is 5.69 Å². The average Bonchev–Trinajstić information content (AvgIpc) is 2.42. The van der Waals surface area contributed by atoms with Gasteiger partial charge in [-0.05, 0) is 30.7 Å². The Bertz CT molecular complexity index is 556. The number of carboxylic acids is 1. The summed E-state index contributed by atoms with van der Waals surface area (Å²) in [4.78, 5) is 25.9. The van der Waals surface area contributed by atoms with E-state index < -0.39 is 5.97 Å². The number of halogens is 1. The van der Waals surface area contributed by atoms with Crippen LogP contribution in [0.25, 0.3) is 6.08 Å². The van der Waals surface area contributed by atoms with Gasteiger partial charge in [-0.2, -0.15) is 0 Å². The molecule has 0 aliphatic carbocycles. The van der Waals surface area contributed by atoms with E-state index in [0.29, 0.717) is 17.1 Å². The summed E-state index contributed by atoms with van der Waals surface area (Å²) in [6, 6.07) is 5.16. The van der Waals surface area contributed by atoms with Crippen LogP contribution < -0.4 is 4.90 Å². The fourth-order valence-corrected chi connectivity index (χ4v) is 1.93. The van der Waals surface area contributed by atoms with Gasteiger partial charge in [0.2, 0.25) is 5.91 Å². The van der Waals surface area contributed by atoms with Crippen molar-refractivity contribution >= 4 is 35.2 Å². The summed E-state index contributed by atoms with van der Waals surface area (Å²) >= 11 is 6.02. The highest BCUT2D eigenvalue weighted by molar-refractivity contribution is 6.31. The molecule has 1 aromatic carbocycles. The number of hydrogen-bond acceptors (Lipinski definition) is 3. The molecule has 0 atom stereocenters. The lowest BCUT2D eigenvalue weighted by molar-refractivity contribution is -0.131. The predicted molar refractivity (Wildman–Crippen MR) is 84.7 cm³/mol. The number of nitrogens with zero attached hydrogens (tertiary/aromatic N) is 2. The fraction of sp³-hybridized carbons (Fsp3) is 0.333. The smallest absolute Gasteiger partial charge is 0.328 e.